The fourth-order valence-corrected chi connectivity index (χ4v) is 3.62. The van der Waals surface area contributed by atoms with Crippen LogP contribution in [-0.4, -0.2) is 28.0 Å². The monoisotopic (exact) mass is 402 g/mol. The molecular formula is C22H18N4O2S. The molecule has 0 aliphatic heterocycles. The van der Waals surface area contributed by atoms with Crippen LogP contribution in [0.2, 0.25) is 0 Å². The van der Waals surface area contributed by atoms with E-state index in [2.05, 4.69) is 20.3 Å². The van der Waals surface area contributed by atoms with E-state index in [0.29, 0.717) is 16.4 Å². The SMILES string of the molecule is COc1ccc(-c2ncccc2C(=O)Nc2nc(-c3ncccc3C)cs2)cc1. The van der Waals surface area contributed by atoms with Crippen molar-refractivity contribution in [2.75, 3.05) is 12.4 Å². The molecule has 0 atom stereocenters. The van der Waals surface area contributed by atoms with Crippen LogP contribution in [0.3, 0.4) is 0 Å². The van der Waals surface area contributed by atoms with Crippen LogP contribution in [0, 0.1) is 6.92 Å². The molecule has 0 aliphatic carbocycles. The Morgan fingerprint density at radius 1 is 1.00 bits per heavy atom. The van der Waals surface area contributed by atoms with Crippen LogP contribution in [0.1, 0.15) is 15.9 Å². The molecule has 0 saturated heterocycles. The molecule has 4 rings (SSSR count). The number of aromatic nitrogens is 3. The Balaban J connectivity index is 1.59. The summed E-state index contributed by atoms with van der Waals surface area (Å²) in [7, 11) is 1.61. The lowest BCUT2D eigenvalue weighted by molar-refractivity contribution is 0.102. The van der Waals surface area contributed by atoms with Crippen LogP contribution >= 0.6 is 11.3 Å². The van der Waals surface area contributed by atoms with Crippen molar-refractivity contribution >= 4 is 22.4 Å². The van der Waals surface area contributed by atoms with Crippen LogP contribution in [0.25, 0.3) is 22.6 Å². The zero-order valence-corrected chi connectivity index (χ0v) is 16.7. The number of methoxy groups -OCH3 is 1. The third-order valence-electron chi connectivity index (χ3n) is 4.39. The van der Waals surface area contributed by atoms with E-state index in [0.717, 1.165) is 28.3 Å². The standard InChI is InChI=1S/C22H18N4O2S/c1-14-5-3-11-23-19(14)18-13-29-22(25-18)26-21(27)17-6-4-12-24-20(17)15-7-9-16(28-2)10-8-15/h3-13H,1-2H3,(H,25,26,27). The summed E-state index contributed by atoms with van der Waals surface area (Å²) < 4.78 is 5.20. The van der Waals surface area contributed by atoms with Crippen LogP contribution < -0.4 is 10.1 Å². The number of thiazole rings is 1. The molecule has 6 nitrogen and oxygen atoms in total. The van der Waals surface area contributed by atoms with E-state index in [1.54, 1.807) is 31.6 Å². The summed E-state index contributed by atoms with van der Waals surface area (Å²) in [6.45, 7) is 1.98. The highest BCUT2D eigenvalue weighted by molar-refractivity contribution is 7.14. The Labute approximate surface area is 172 Å². The molecule has 0 aliphatic rings. The van der Waals surface area contributed by atoms with Crippen molar-refractivity contribution in [1.82, 2.24) is 15.0 Å². The quantitative estimate of drug-likeness (QED) is 0.517. The number of carbonyl (C=O) groups is 1. The molecule has 3 aromatic heterocycles. The first-order valence-corrected chi connectivity index (χ1v) is 9.82. The summed E-state index contributed by atoms with van der Waals surface area (Å²) in [5.41, 5.74) is 4.49. The van der Waals surface area contributed by atoms with Gasteiger partial charge in [-0.2, -0.15) is 0 Å². The Bertz CT molecular complexity index is 1160. The summed E-state index contributed by atoms with van der Waals surface area (Å²) >= 11 is 1.36. The third kappa shape index (κ3) is 4.00. The van der Waals surface area contributed by atoms with E-state index >= 15 is 0 Å². The van der Waals surface area contributed by atoms with E-state index < -0.39 is 0 Å². The highest BCUT2D eigenvalue weighted by Gasteiger charge is 2.16. The number of hydrogen-bond acceptors (Lipinski definition) is 6. The normalized spacial score (nSPS) is 10.6. The summed E-state index contributed by atoms with van der Waals surface area (Å²) in [5.74, 6) is 0.485. The van der Waals surface area contributed by atoms with E-state index in [1.807, 2.05) is 48.7 Å². The number of aryl methyl sites for hydroxylation is 1. The Kier molecular flexibility index (Phi) is 5.31. The van der Waals surface area contributed by atoms with Gasteiger partial charge < -0.3 is 4.74 Å². The van der Waals surface area contributed by atoms with Gasteiger partial charge in [-0.3, -0.25) is 20.1 Å². The molecule has 1 aromatic carbocycles. The lowest BCUT2D eigenvalue weighted by Crippen LogP contribution is -2.13. The summed E-state index contributed by atoms with van der Waals surface area (Å²) in [6.07, 6.45) is 3.40. The molecule has 3 heterocycles. The number of nitrogens with one attached hydrogen (secondary N) is 1. The lowest BCUT2D eigenvalue weighted by atomic mass is 10.1. The molecule has 4 aromatic rings. The minimum absolute atomic E-state index is 0.262. The lowest BCUT2D eigenvalue weighted by Gasteiger charge is -2.09. The number of rotatable bonds is 5. The van der Waals surface area contributed by atoms with Crippen molar-refractivity contribution in [3.63, 3.8) is 0 Å². The summed E-state index contributed by atoms with van der Waals surface area (Å²) in [4.78, 5) is 26.2. The fraction of sp³-hybridized carbons (Fsp3) is 0.0909. The molecule has 144 valence electrons. The van der Waals surface area contributed by atoms with Gasteiger partial charge in [0.1, 0.15) is 11.4 Å². The van der Waals surface area contributed by atoms with Gasteiger partial charge in [-0.05, 0) is 55.0 Å². The summed E-state index contributed by atoms with van der Waals surface area (Å²) in [5, 5.41) is 5.28. The maximum absolute atomic E-state index is 12.9. The second-order valence-corrected chi connectivity index (χ2v) is 7.15. The zero-order chi connectivity index (χ0) is 20.2. The molecule has 1 N–H and O–H groups in total. The van der Waals surface area contributed by atoms with Gasteiger partial charge in [-0.25, -0.2) is 4.98 Å². The Morgan fingerprint density at radius 2 is 1.72 bits per heavy atom. The predicted octanol–water partition coefficient (Wildman–Crippen LogP) is 4.84. The van der Waals surface area contributed by atoms with Gasteiger partial charge in [0.05, 0.1) is 24.1 Å². The number of carbonyl (C=O) groups excluding carboxylic acids is 1. The summed E-state index contributed by atoms with van der Waals surface area (Å²) in [6, 6.07) is 14.8. The number of amides is 1. The first-order chi connectivity index (χ1) is 14.2. The molecule has 0 radical (unpaired) electrons. The first-order valence-electron chi connectivity index (χ1n) is 8.94. The van der Waals surface area contributed by atoms with Gasteiger partial charge in [0.15, 0.2) is 5.13 Å². The molecule has 1 amide bonds. The van der Waals surface area contributed by atoms with E-state index in [-0.39, 0.29) is 5.91 Å². The van der Waals surface area contributed by atoms with Crippen LogP contribution in [0.4, 0.5) is 5.13 Å². The van der Waals surface area contributed by atoms with Gasteiger partial charge in [0.25, 0.3) is 5.91 Å². The Morgan fingerprint density at radius 3 is 2.45 bits per heavy atom. The fourth-order valence-electron chi connectivity index (χ4n) is 2.93. The smallest absolute Gasteiger partial charge is 0.259 e. The molecule has 0 fully saturated rings. The average Bonchev–Trinajstić information content (AvgIpc) is 3.22. The van der Waals surface area contributed by atoms with Gasteiger partial charge in [-0.1, -0.05) is 6.07 Å². The number of hydrogen-bond donors (Lipinski definition) is 1. The molecular weight excluding hydrogens is 384 g/mol. The van der Waals surface area contributed by atoms with Crippen molar-refractivity contribution in [3.8, 4) is 28.4 Å². The number of benzene rings is 1. The molecule has 0 bridgehead atoms. The highest BCUT2D eigenvalue weighted by Crippen LogP contribution is 2.28. The molecule has 7 heteroatoms. The predicted molar refractivity (Wildman–Crippen MR) is 114 cm³/mol. The van der Waals surface area contributed by atoms with Crippen LogP contribution in [-0.2, 0) is 0 Å². The maximum Gasteiger partial charge on any atom is 0.259 e. The number of pyridine rings is 2. The van der Waals surface area contributed by atoms with Crippen molar-refractivity contribution < 1.29 is 9.53 Å². The van der Waals surface area contributed by atoms with Gasteiger partial charge in [-0.15, -0.1) is 11.3 Å². The van der Waals surface area contributed by atoms with Gasteiger partial charge >= 0.3 is 0 Å². The second kappa shape index (κ2) is 8.20. The number of ether oxygens (including phenoxy) is 1. The first kappa shape index (κ1) is 18.8. The van der Waals surface area contributed by atoms with Crippen molar-refractivity contribution in [1.29, 1.82) is 0 Å². The van der Waals surface area contributed by atoms with Crippen LogP contribution in [0.5, 0.6) is 5.75 Å². The molecule has 29 heavy (non-hydrogen) atoms. The third-order valence-corrected chi connectivity index (χ3v) is 5.15. The second-order valence-electron chi connectivity index (χ2n) is 6.29. The van der Waals surface area contributed by atoms with E-state index in [1.165, 1.54) is 11.3 Å². The Hall–Kier alpha value is -3.58. The van der Waals surface area contributed by atoms with Crippen LogP contribution in [0.15, 0.2) is 66.3 Å². The largest absolute Gasteiger partial charge is 0.497 e. The highest BCUT2D eigenvalue weighted by atomic mass is 32.1. The van der Waals surface area contributed by atoms with Gasteiger partial charge in [0.2, 0.25) is 0 Å². The molecule has 0 saturated carbocycles. The van der Waals surface area contributed by atoms with Crippen molar-refractivity contribution in [2.45, 2.75) is 6.92 Å². The molecule has 0 spiro atoms. The maximum atomic E-state index is 12.9. The van der Waals surface area contributed by atoms with E-state index in [4.69, 9.17) is 4.74 Å². The van der Waals surface area contributed by atoms with E-state index in [9.17, 15) is 4.79 Å². The zero-order valence-electron chi connectivity index (χ0n) is 15.9. The minimum atomic E-state index is -0.262. The topological polar surface area (TPSA) is 77.0 Å². The van der Waals surface area contributed by atoms with Crippen molar-refractivity contribution in [3.05, 3.63) is 77.4 Å². The molecule has 0 unspecified atom stereocenters. The van der Waals surface area contributed by atoms with Gasteiger partial charge in [0, 0.05) is 23.3 Å². The number of nitrogens with zero attached hydrogens (tertiary/aromatic N) is 3. The average molecular weight is 402 g/mol. The van der Waals surface area contributed by atoms with Crippen molar-refractivity contribution in [2.24, 2.45) is 0 Å². The number of anilines is 1. The minimum Gasteiger partial charge on any atom is -0.497 e.